The van der Waals surface area contributed by atoms with E-state index in [1.165, 1.54) is 28.6 Å². The zero-order valence-corrected chi connectivity index (χ0v) is 28.8. The van der Waals surface area contributed by atoms with Crippen LogP contribution < -0.4 is 79.0 Å². The molecule has 3 heterocycles. The molecular weight excluding hydrogens is 622 g/mol. The number of alkyl halides is 3. The number of pyridine rings is 2. The summed E-state index contributed by atoms with van der Waals surface area (Å²) in [6.07, 6.45) is 4.19. The molecule has 1 N–H and O–H groups in total. The average Bonchev–Trinajstić information content (AvgIpc) is 3.35. The monoisotopic (exact) mass is 646 g/mol. The van der Waals surface area contributed by atoms with Crippen molar-refractivity contribution in [2.75, 3.05) is 0 Å². The number of amides is 1. The largest absolute Gasteiger partial charge is 1.00 e. The fraction of sp³-hybridized carbons (Fsp3) is 0.250. The first kappa shape index (κ1) is 36.4. The normalized spacial score (nSPS) is 15.2. The number of aromatic nitrogens is 3. The van der Waals surface area contributed by atoms with Gasteiger partial charge in [0.1, 0.15) is 18.1 Å². The van der Waals surface area contributed by atoms with E-state index >= 15 is 0 Å². The quantitative estimate of drug-likeness (QED) is 0.186. The van der Waals surface area contributed by atoms with Crippen LogP contribution in [-0.2, 0) is 22.0 Å². The number of nitrogens with one attached hydrogen (secondary N) is 1. The van der Waals surface area contributed by atoms with Gasteiger partial charge in [0.15, 0.2) is 0 Å². The Hall–Kier alpha value is -2.03. The van der Waals surface area contributed by atoms with Gasteiger partial charge in [0.05, 0.1) is 18.9 Å². The predicted molar refractivity (Wildman–Crippen MR) is 142 cm³/mol. The van der Waals surface area contributed by atoms with Crippen LogP contribution in [0.3, 0.4) is 0 Å². The van der Waals surface area contributed by atoms with Crippen LogP contribution in [-0.4, -0.2) is 26.5 Å². The number of hydrogen-bond donors (Lipinski definition) is 1. The van der Waals surface area contributed by atoms with Crippen LogP contribution >= 0.6 is 7.82 Å². The van der Waals surface area contributed by atoms with Crippen molar-refractivity contribution in [3.63, 3.8) is 0 Å². The molecule has 0 radical (unpaired) electrons. The van der Waals surface area contributed by atoms with Crippen molar-refractivity contribution in [3.05, 3.63) is 89.4 Å². The van der Waals surface area contributed by atoms with Crippen LogP contribution in [0.1, 0.15) is 47.2 Å². The Kier molecular flexibility index (Phi) is 12.8. The molecule has 0 spiro atoms. The van der Waals surface area contributed by atoms with Crippen LogP contribution in [0.15, 0.2) is 72.7 Å². The molecule has 3 aromatic heterocycles. The Bertz CT molecular complexity index is 1670. The molecule has 0 atom stereocenters. The number of carbonyl (C=O) groups is 1. The summed E-state index contributed by atoms with van der Waals surface area (Å²) in [7, 11) is -5.13. The van der Waals surface area contributed by atoms with Crippen molar-refractivity contribution in [1.82, 2.24) is 19.9 Å². The Balaban J connectivity index is 0.00000264. The second-order valence-electron chi connectivity index (χ2n) is 9.74. The standard InChI is InChI=1S/C28H26F3N4O6P.2Na/c29-28(30,31)22-6-9-25(32-16-22)41-24-3-1-2-19(13-24)12-18-4-7-23(8-5-18)34-27(36)21-14-20-10-11-35(26(20)33-15-21)17-40-42(37,38)39;;/h1-3,6,9-16,23H,4-5,7-8,17H2,(H,34,36)(H2,37,38,39);;/q;2*+1/p-2. The summed E-state index contributed by atoms with van der Waals surface area (Å²) < 4.78 is 60.3. The van der Waals surface area contributed by atoms with E-state index in [1.807, 2.05) is 12.1 Å². The summed E-state index contributed by atoms with van der Waals surface area (Å²) in [6, 6.07) is 12.5. The number of hydrogen-bond acceptors (Lipinski definition) is 8. The molecular formula is C28H24F3N4Na2O6P. The van der Waals surface area contributed by atoms with Gasteiger partial charge >= 0.3 is 65.3 Å². The maximum Gasteiger partial charge on any atom is 1.00 e. The Morgan fingerprint density at radius 2 is 1.82 bits per heavy atom. The first-order valence-corrected chi connectivity index (χ1v) is 14.3. The van der Waals surface area contributed by atoms with E-state index in [2.05, 4.69) is 19.8 Å². The zero-order chi connectivity index (χ0) is 29.9. The Morgan fingerprint density at radius 1 is 1.07 bits per heavy atom. The van der Waals surface area contributed by atoms with Crippen LogP contribution in [0.2, 0.25) is 0 Å². The van der Waals surface area contributed by atoms with Crippen molar-refractivity contribution in [1.29, 1.82) is 0 Å². The molecule has 1 amide bonds. The molecule has 0 aliphatic heterocycles. The third kappa shape index (κ3) is 9.98. The molecule has 0 saturated heterocycles. The predicted octanol–water partition coefficient (Wildman–Crippen LogP) is -1.19. The minimum absolute atomic E-state index is 0. The van der Waals surface area contributed by atoms with Gasteiger partial charge in [-0.15, -0.1) is 0 Å². The molecule has 1 saturated carbocycles. The number of carbonyl (C=O) groups excluding carboxylic acids is 1. The number of phosphoric acid groups is 1. The van der Waals surface area contributed by atoms with E-state index < -0.39 is 26.3 Å². The van der Waals surface area contributed by atoms with Gasteiger partial charge in [0, 0.05) is 36.1 Å². The maximum atomic E-state index is 12.9. The number of allylic oxidation sites excluding steroid dienone is 1. The molecule has 10 nitrogen and oxygen atoms in total. The van der Waals surface area contributed by atoms with E-state index in [-0.39, 0.29) is 76.9 Å². The van der Waals surface area contributed by atoms with E-state index in [0.717, 1.165) is 43.5 Å². The first-order chi connectivity index (χ1) is 19.9. The second kappa shape index (κ2) is 15.5. The number of rotatable bonds is 8. The van der Waals surface area contributed by atoms with E-state index in [9.17, 15) is 32.3 Å². The van der Waals surface area contributed by atoms with Gasteiger partial charge in [0.25, 0.3) is 5.91 Å². The van der Waals surface area contributed by atoms with Gasteiger partial charge < -0.3 is 33.5 Å². The Morgan fingerprint density at radius 3 is 2.48 bits per heavy atom. The molecule has 16 heteroatoms. The van der Waals surface area contributed by atoms with Crippen molar-refractivity contribution in [2.24, 2.45) is 0 Å². The molecule has 1 aromatic carbocycles. The Labute approximate surface area is 294 Å². The fourth-order valence-corrected chi connectivity index (χ4v) is 4.88. The average molecular weight is 646 g/mol. The second-order valence-corrected chi connectivity index (χ2v) is 10.9. The first-order valence-electron chi connectivity index (χ1n) is 12.9. The summed E-state index contributed by atoms with van der Waals surface area (Å²) >= 11 is 0. The fourth-order valence-electron chi connectivity index (χ4n) is 4.62. The summed E-state index contributed by atoms with van der Waals surface area (Å²) in [5.74, 6) is 0.220. The minimum atomic E-state index is -5.13. The van der Waals surface area contributed by atoms with Crippen LogP contribution in [0.25, 0.3) is 17.1 Å². The molecule has 1 aliphatic carbocycles. The summed E-state index contributed by atoms with van der Waals surface area (Å²) in [6.45, 7) is -0.502. The van der Waals surface area contributed by atoms with E-state index in [4.69, 9.17) is 4.74 Å². The molecule has 44 heavy (non-hydrogen) atoms. The zero-order valence-electron chi connectivity index (χ0n) is 23.9. The van der Waals surface area contributed by atoms with Gasteiger partial charge in [-0.3, -0.25) is 4.79 Å². The van der Waals surface area contributed by atoms with Gasteiger partial charge in [-0.1, -0.05) is 23.8 Å². The van der Waals surface area contributed by atoms with Gasteiger partial charge in [-0.05, 0) is 61.6 Å². The van der Waals surface area contributed by atoms with Crippen molar-refractivity contribution >= 4 is 30.8 Å². The van der Waals surface area contributed by atoms with Gasteiger partial charge in [-0.25, -0.2) is 9.97 Å². The van der Waals surface area contributed by atoms with Crippen LogP contribution in [0, 0.1) is 0 Å². The van der Waals surface area contributed by atoms with Gasteiger partial charge in [-0.2, -0.15) is 13.2 Å². The number of fused-ring (bicyclic) bond motifs is 1. The third-order valence-corrected chi connectivity index (χ3v) is 7.13. The molecule has 5 rings (SSSR count). The smallest absolute Gasteiger partial charge is 0.790 e. The van der Waals surface area contributed by atoms with Crippen molar-refractivity contribution in [2.45, 2.75) is 44.6 Å². The molecule has 220 valence electrons. The number of benzene rings is 1. The molecule has 1 fully saturated rings. The maximum absolute atomic E-state index is 12.9. The van der Waals surface area contributed by atoms with E-state index in [0.29, 0.717) is 22.3 Å². The van der Waals surface area contributed by atoms with Crippen LogP contribution in [0.4, 0.5) is 13.2 Å². The summed E-state index contributed by atoms with van der Waals surface area (Å²) in [4.78, 5) is 42.3. The number of halogens is 3. The number of phosphoric ester groups is 1. The van der Waals surface area contributed by atoms with Crippen LogP contribution in [0.5, 0.6) is 11.6 Å². The minimum Gasteiger partial charge on any atom is -0.790 e. The van der Waals surface area contributed by atoms with E-state index in [1.54, 1.807) is 30.3 Å². The van der Waals surface area contributed by atoms with Crippen molar-refractivity contribution < 1.29 is 101 Å². The van der Waals surface area contributed by atoms with Gasteiger partial charge in [0.2, 0.25) is 5.88 Å². The number of ether oxygens (including phenoxy) is 1. The molecule has 0 bridgehead atoms. The molecule has 4 aromatic rings. The third-order valence-electron chi connectivity index (χ3n) is 6.70. The summed E-state index contributed by atoms with van der Waals surface area (Å²) in [5, 5.41) is 3.62. The summed E-state index contributed by atoms with van der Waals surface area (Å²) in [5.41, 5.74) is 1.94. The number of nitrogens with zero attached hydrogens (tertiary/aromatic N) is 3. The molecule has 1 aliphatic rings. The SMILES string of the molecule is O=C(NC1CCC(=Cc2cccc(Oc3ccc(C(F)(F)F)cn3)c2)CC1)c1cnc2c(ccn2COP(=O)([O-])[O-])c1.[Na+].[Na+]. The molecule has 0 unspecified atom stereocenters. The topological polar surface area (TPSA) is 141 Å². The van der Waals surface area contributed by atoms with Crippen molar-refractivity contribution in [3.8, 4) is 11.6 Å².